The van der Waals surface area contributed by atoms with Gasteiger partial charge in [0.1, 0.15) is 0 Å². The van der Waals surface area contributed by atoms with Crippen molar-refractivity contribution in [3.05, 3.63) is 0 Å². The van der Waals surface area contributed by atoms with E-state index in [9.17, 15) is 5.11 Å². The molecular formula is C10H21NO. The second kappa shape index (κ2) is 2.71. The van der Waals surface area contributed by atoms with Crippen LogP contribution in [-0.2, 0) is 0 Å². The Bertz CT molecular complexity index is 175. The Balaban J connectivity index is 2.62. The third-order valence-corrected chi connectivity index (χ3v) is 3.57. The molecule has 1 rings (SSSR count). The lowest BCUT2D eigenvalue weighted by atomic mass is 9.83. The van der Waals surface area contributed by atoms with Crippen LogP contribution in [0.25, 0.3) is 0 Å². The summed E-state index contributed by atoms with van der Waals surface area (Å²) < 4.78 is 0. The van der Waals surface area contributed by atoms with Crippen molar-refractivity contribution in [2.24, 2.45) is 23.0 Å². The number of rotatable bonds is 3. The van der Waals surface area contributed by atoms with Gasteiger partial charge >= 0.3 is 0 Å². The maximum Gasteiger partial charge on any atom is 0.0690 e. The van der Waals surface area contributed by atoms with E-state index in [4.69, 9.17) is 5.73 Å². The van der Waals surface area contributed by atoms with E-state index in [-0.39, 0.29) is 5.92 Å². The van der Waals surface area contributed by atoms with Gasteiger partial charge in [0.25, 0.3) is 0 Å². The van der Waals surface area contributed by atoms with E-state index in [1.54, 1.807) is 0 Å². The van der Waals surface area contributed by atoms with E-state index in [0.29, 0.717) is 17.9 Å². The molecule has 0 radical (unpaired) electrons. The Morgan fingerprint density at radius 2 is 2.08 bits per heavy atom. The average molecular weight is 171 g/mol. The predicted octanol–water partition coefficient (Wildman–Crippen LogP) is 1.38. The quantitative estimate of drug-likeness (QED) is 0.674. The lowest BCUT2D eigenvalue weighted by Crippen LogP contribution is -2.40. The van der Waals surface area contributed by atoms with Crippen molar-refractivity contribution in [3.8, 4) is 0 Å². The molecule has 1 fully saturated rings. The summed E-state index contributed by atoms with van der Waals surface area (Å²) in [6.07, 6.45) is 1.13. The Morgan fingerprint density at radius 3 is 2.33 bits per heavy atom. The van der Waals surface area contributed by atoms with E-state index in [1.807, 2.05) is 13.8 Å². The van der Waals surface area contributed by atoms with E-state index in [1.165, 1.54) is 0 Å². The second-order valence-corrected chi connectivity index (χ2v) is 5.11. The van der Waals surface area contributed by atoms with Gasteiger partial charge in [-0.05, 0) is 37.1 Å². The van der Waals surface area contributed by atoms with Crippen molar-refractivity contribution in [1.82, 2.24) is 0 Å². The first-order chi connectivity index (χ1) is 5.32. The third-order valence-electron chi connectivity index (χ3n) is 3.57. The minimum Gasteiger partial charge on any atom is -0.390 e. The van der Waals surface area contributed by atoms with Crippen molar-refractivity contribution >= 4 is 0 Å². The first-order valence-corrected chi connectivity index (χ1v) is 4.75. The Labute approximate surface area is 75.2 Å². The van der Waals surface area contributed by atoms with Crippen LogP contribution in [0.2, 0.25) is 0 Å². The van der Waals surface area contributed by atoms with E-state index < -0.39 is 5.60 Å². The van der Waals surface area contributed by atoms with Gasteiger partial charge in [-0.2, -0.15) is 0 Å². The zero-order valence-corrected chi connectivity index (χ0v) is 8.59. The van der Waals surface area contributed by atoms with Crippen LogP contribution < -0.4 is 5.73 Å². The van der Waals surface area contributed by atoms with Crippen molar-refractivity contribution in [2.75, 3.05) is 6.54 Å². The van der Waals surface area contributed by atoms with Crippen molar-refractivity contribution < 1.29 is 5.11 Å². The van der Waals surface area contributed by atoms with Crippen LogP contribution in [0.5, 0.6) is 0 Å². The Morgan fingerprint density at radius 1 is 1.67 bits per heavy atom. The molecule has 1 aliphatic carbocycles. The Hall–Kier alpha value is -0.0800. The molecule has 1 aliphatic rings. The summed E-state index contributed by atoms with van der Waals surface area (Å²) in [7, 11) is 0. The normalized spacial score (nSPS) is 34.0. The van der Waals surface area contributed by atoms with Gasteiger partial charge < -0.3 is 10.8 Å². The highest BCUT2D eigenvalue weighted by molar-refractivity contribution is 5.06. The first kappa shape index (κ1) is 10.0. The van der Waals surface area contributed by atoms with Gasteiger partial charge in [0, 0.05) is 0 Å². The molecule has 0 bridgehead atoms. The molecule has 0 aromatic rings. The minimum absolute atomic E-state index is 0.198. The van der Waals surface area contributed by atoms with E-state index in [2.05, 4.69) is 13.8 Å². The highest BCUT2D eigenvalue weighted by Gasteiger charge is 2.56. The summed E-state index contributed by atoms with van der Waals surface area (Å²) in [6.45, 7) is 8.92. The number of nitrogens with two attached hydrogens (primary N) is 1. The fourth-order valence-corrected chi connectivity index (χ4v) is 2.05. The smallest absolute Gasteiger partial charge is 0.0690 e. The molecule has 72 valence electrons. The summed E-state index contributed by atoms with van der Waals surface area (Å²) in [5.41, 5.74) is 5.31. The lowest BCUT2D eigenvalue weighted by molar-refractivity contribution is -0.0216. The van der Waals surface area contributed by atoms with Crippen molar-refractivity contribution in [2.45, 2.75) is 39.7 Å². The van der Waals surface area contributed by atoms with Crippen LogP contribution in [0.15, 0.2) is 0 Å². The van der Waals surface area contributed by atoms with Crippen molar-refractivity contribution in [1.29, 1.82) is 0 Å². The highest BCUT2D eigenvalue weighted by Crippen LogP contribution is 2.58. The van der Waals surface area contributed by atoms with Gasteiger partial charge in [-0.15, -0.1) is 0 Å². The SMILES string of the molecule is CC(CN)C(C)(O)C1CC1(C)C. The van der Waals surface area contributed by atoms with Crippen LogP contribution in [0, 0.1) is 17.3 Å². The third kappa shape index (κ3) is 1.50. The van der Waals surface area contributed by atoms with Crippen LogP contribution in [0.4, 0.5) is 0 Å². The number of hydrogen-bond donors (Lipinski definition) is 2. The largest absolute Gasteiger partial charge is 0.390 e. The number of hydrogen-bond acceptors (Lipinski definition) is 2. The monoisotopic (exact) mass is 171 g/mol. The molecule has 0 aliphatic heterocycles. The van der Waals surface area contributed by atoms with Gasteiger partial charge in [0.15, 0.2) is 0 Å². The molecule has 0 amide bonds. The molecule has 0 aromatic carbocycles. The van der Waals surface area contributed by atoms with Gasteiger partial charge in [-0.1, -0.05) is 20.8 Å². The number of aliphatic hydroxyl groups is 1. The summed E-state index contributed by atoms with van der Waals surface area (Å²) in [5, 5.41) is 10.2. The van der Waals surface area contributed by atoms with Crippen LogP contribution >= 0.6 is 0 Å². The molecule has 3 atom stereocenters. The topological polar surface area (TPSA) is 46.2 Å². The summed E-state index contributed by atoms with van der Waals surface area (Å²) >= 11 is 0. The van der Waals surface area contributed by atoms with Crippen LogP contribution in [-0.4, -0.2) is 17.3 Å². The summed E-state index contributed by atoms with van der Waals surface area (Å²) in [4.78, 5) is 0. The minimum atomic E-state index is -0.571. The van der Waals surface area contributed by atoms with Crippen molar-refractivity contribution in [3.63, 3.8) is 0 Å². The fraction of sp³-hybridized carbons (Fsp3) is 1.00. The fourth-order valence-electron chi connectivity index (χ4n) is 2.05. The van der Waals surface area contributed by atoms with E-state index >= 15 is 0 Å². The molecule has 0 spiro atoms. The zero-order chi connectivity index (χ0) is 9.57. The molecule has 0 heterocycles. The van der Waals surface area contributed by atoms with Gasteiger partial charge in [-0.25, -0.2) is 0 Å². The highest BCUT2D eigenvalue weighted by atomic mass is 16.3. The summed E-state index contributed by atoms with van der Waals surface area (Å²) in [6, 6.07) is 0. The second-order valence-electron chi connectivity index (χ2n) is 5.11. The molecule has 12 heavy (non-hydrogen) atoms. The molecule has 0 aromatic heterocycles. The average Bonchev–Trinajstić information content (AvgIpc) is 2.59. The van der Waals surface area contributed by atoms with Gasteiger partial charge in [-0.3, -0.25) is 0 Å². The first-order valence-electron chi connectivity index (χ1n) is 4.75. The van der Waals surface area contributed by atoms with Gasteiger partial charge in [0.05, 0.1) is 5.60 Å². The van der Waals surface area contributed by atoms with Crippen LogP contribution in [0.3, 0.4) is 0 Å². The molecule has 3 unspecified atom stereocenters. The maximum absolute atomic E-state index is 10.2. The van der Waals surface area contributed by atoms with Gasteiger partial charge in [0.2, 0.25) is 0 Å². The Kier molecular flexibility index (Phi) is 2.26. The molecule has 2 nitrogen and oxygen atoms in total. The molecule has 1 saturated carbocycles. The molecular weight excluding hydrogens is 150 g/mol. The molecule has 0 saturated heterocycles. The predicted molar refractivity (Wildman–Crippen MR) is 50.7 cm³/mol. The zero-order valence-electron chi connectivity index (χ0n) is 8.59. The lowest BCUT2D eigenvalue weighted by Gasteiger charge is -2.31. The summed E-state index contributed by atoms with van der Waals surface area (Å²) in [5.74, 6) is 0.632. The van der Waals surface area contributed by atoms with Crippen LogP contribution in [0.1, 0.15) is 34.1 Å². The molecule has 2 heteroatoms. The molecule has 3 N–H and O–H groups in total. The maximum atomic E-state index is 10.2. The van der Waals surface area contributed by atoms with E-state index in [0.717, 1.165) is 6.42 Å². The standard InChI is InChI=1S/C10H21NO/c1-7(6-11)10(4,12)8-5-9(8,2)3/h7-8,12H,5-6,11H2,1-4H3.